The third-order valence-electron chi connectivity index (χ3n) is 7.45. The fourth-order valence-electron chi connectivity index (χ4n) is 5.62. The molecule has 3 saturated carbocycles. The highest BCUT2D eigenvalue weighted by molar-refractivity contribution is 5.79. The Hall–Kier alpha value is -0.330. The van der Waals surface area contributed by atoms with E-state index in [-0.39, 0.29) is 0 Å². The van der Waals surface area contributed by atoms with E-state index in [2.05, 4.69) is 27.7 Å². The summed E-state index contributed by atoms with van der Waals surface area (Å²) in [5.41, 5.74) is 0.992. The van der Waals surface area contributed by atoms with Crippen molar-refractivity contribution in [3.8, 4) is 0 Å². The summed E-state index contributed by atoms with van der Waals surface area (Å²) in [5, 5.41) is 0. The third-order valence-corrected chi connectivity index (χ3v) is 7.45. The van der Waals surface area contributed by atoms with Crippen molar-refractivity contribution in [1.29, 1.82) is 0 Å². The zero-order valence-corrected chi connectivity index (χ0v) is 12.5. The molecule has 3 fully saturated rings. The Morgan fingerprint density at radius 1 is 1.17 bits per heavy atom. The van der Waals surface area contributed by atoms with Crippen LogP contribution in [-0.4, -0.2) is 5.78 Å². The smallest absolute Gasteiger partial charge is 0.133 e. The van der Waals surface area contributed by atoms with E-state index in [1.54, 1.807) is 0 Å². The number of carbonyl (C=O) groups is 1. The molecule has 0 N–H and O–H groups in total. The van der Waals surface area contributed by atoms with Crippen LogP contribution in [0.2, 0.25) is 0 Å². The Kier molecular flexibility index (Phi) is 2.70. The number of hydrogen-bond donors (Lipinski definition) is 0. The van der Waals surface area contributed by atoms with Gasteiger partial charge in [-0.25, -0.2) is 0 Å². The lowest BCUT2D eigenvalue weighted by atomic mass is 9.59. The van der Waals surface area contributed by atoms with Gasteiger partial charge in [-0.05, 0) is 60.2 Å². The zero-order valence-electron chi connectivity index (χ0n) is 12.5. The van der Waals surface area contributed by atoms with Gasteiger partial charge in [-0.3, -0.25) is 4.79 Å². The molecule has 18 heavy (non-hydrogen) atoms. The van der Waals surface area contributed by atoms with E-state index in [1.807, 2.05) is 0 Å². The van der Waals surface area contributed by atoms with Crippen LogP contribution in [0.5, 0.6) is 0 Å². The number of carbonyl (C=O) groups excluding carboxylic acids is 1. The van der Waals surface area contributed by atoms with Gasteiger partial charge < -0.3 is 0 Å². The van der Waals surface area contributed by atoms with Gasteiger partial charge in [0.05, 0.1) is 0 Å². The van der Waals surface area contributed by atoms with Gasteiger partial charge in [0.2, 0.25) is 0 Å². The largest absolute Gasteiger partial charge is 0.300 e. The zero-order chi connectivity index (χ0) is 13.1. The van der Waals surface area contributed by atoms with Gasteiger partial charge >= 0.3 is 0 Å². The maximum atomic E-state index is 11.8. The van der Waals surface area contributed by atoms with Crippen molar-refractivity contribution in [3.05, 3.63) is 0 Å². The Labute approximate surface area is 112 Å². The number of rotatable bonds is 1. The minimum atomic E-state index is 0.494. The average Bonchev–Trinajstić information content (AvgIpc) is 2.64. The lowest BCUT2D eigenvalue weighted by Gasteiger charge is -2.45. The van der Waals surface area contributed by atoms with E-state index in [0.717, 1.165) is 37.0 Å². The Balaban J connectivity index is 1.88. The summed E-state index contributed by atoms with van der Waals surface area (Å²) in [6.45, 7) is 9.88. The lowest BCUT2D eigenvalue weighted by Crippen LogP contribution is -2.40. The van der Waals surface area contributed by atoms with Crippen LogP contribution in [0.25, 0.3) is 0 Å². The molecule has 102 valence electrons. The van der Waals surface area contributed by atoms with Crippen molar-refractivity contribution in [3.63, 3.8) is 0 Å². The highest BCUT2D eigenvalue weighted by Crippen LogP contribution is 2.70. The first-order chi connectivity index (χ1) is 8.36. The molecule has 0 heterocycles. The molecule has 2 unspecified atom stereocenters. The summed E-state index contributed by atoms with van der Waals surface area (Å²) in [6.07, 6.45) is 7.08. The molecule has 3 rings (SSSR count). The van der Waals surface area contributed by atoms with Crippen LogP contribution in [-0.2, 0) is 4.79 Å². The first kappa shape index (κ1) is 12.7. The molecule has 0 aromatic carbocycles. The second kappa shape index (κ2) is 3.84. The van der Waals surface area contributed by atoms with Crippen LogP contribution >= 0.6 is 0 Å². The van der Waals surface area contributed by atoms with Gasteiger partial charge in [0, 0.05) is 12.8 Å². The molecule has 1 heteroatoms. The molecule has 0 aromatic rings. The minimum Gasteiger partial charge on any atom is -0.300 e. The maximum Gasteiger partial charge on any atom is 0.133 e. The molecule has 0 amide bonds. The van der Waals surface area contributed by atoms with Gasteiger partial charge in [0.1, 0.15) is 5.78 Å². The first-order valence-electron chi connectivity index (χ1n) is 7.88. The summed E-state index contributed by atoms with van der Waals surface area (Å²) in [7, 11) is 0. The van der Waals surface area contributed by atoms with Crippen molar-refractivity contribution in [2.45, 2.75) is 66.2 Å². The maximum absolute atomic E-state index is 11.8. The number of fused-ring (bicyclic) bond motifs is 2. The van der Waals surface area contributed by atoms with Gasteiger partial charge in [0.15, 0.2) is 0 Å². The fourth-order valence-corrected chi connectivity index (χ4v) is 5.62. The average molecular weight is 248 g/mol. The number of Topliss-reactive ketones (excluding diaryl/α,β-unsaturated/α-hetero) is 1. The van der Waals surface area contributed by atoms with Crippen LogP contribution in [0, 0.1) is 34.5 Å². The molecule has 1 nitrogen and oxygen atoms in total. The van der Waals surface area contributed by atoms with Gasteiger partial charge in [-0.15, -0.1) is 0 Å². The monoisotopic (exact) mass is 248 g/mol. The molecular weight excluding hydrogens is 220 g/mol. The van der Waals surface area contributed by atoms with Crippen LogP contribution < -0.4 is 0 Å². The normalized spacial score (nSPS) is 50.8. The molecule has 2 bridgehead atoms. The van der Waals surface area contributed by atoms with Crippen LogP contribution in [0.15, 0.2) is 0 Å². The second-order valence-electron chi connectivity index (χ2n) is 8.14. The van der Waals surface area contributed by atoms with E-state index in [4.69, 9.17) is 0 Å². The topological polar surface area (TPSA) is 17.1 Å². The van der Waals surface area contributed by atoms with Crippen LogP contribution in [0.1, 0.15) is 66.2 Å². The van der Waals surface area contributed by atoms with Crippen LogP contribution in [0.4, 0.5) is 0 Å². The predicted octanol–water partition coefficient (Wildman–Crippen LogP) is 4.45. The van der Waals surface area contributed by atoms with Gasteiger partial charge in [0.25, 0.3) is 0 Å². The van der Waals surface area contributed by atoms with E-state index in [9.17, 15) is 4.79 Å². The first-order valence-corrected chi connectivity index (χ1v) is 7.88. The van der Waals surface area contributed by atoms with Crippen molar-refractivity contribution >= 4 is 5.78 Å². The highest BCUT2D eigenvalue weighted by Gasteiger charge is 2.63. The standard InChI is InChI=1S/C17H28O/c1-11-5-6-13(18)10-14(11)15-9-12-7-8-17(15,4)16(12,2)3/h11-12,14-15H,5-10H2,1-4H3/t11?,12-,14?,15+,17+/m1/s1. The SMILES string of the molecule is CC1CCC(=O)CC1[C@@H]1C[C@H]2CC[C@]1(C)C2(C)C. The highest BCUT2D eigenvalue weighted by atomic mass is 16.1. The molecule has 3 aliphatic rings. The van der Waals surface area contributed by atoms with Crippen molar-refractivity contribution < 1.29 is 4.79 Å². The summed E-state index contributed by atoms with van der Waals surface area (Å²) in [4.78, 5) is 11.8. The quantitative estimate of drug-likeness (QED) is 0.670. The third kappa shape index (κ3) is 1.48. The van der Waals surface area contributed by atoms with E-state index >= 15 is 0 Å². The molecular formula is C17H28O. The molecule has 0 radical (unpaired) electrons. The van der Waals surface area contributed by atoms with E-state index in [0.29, 0.717) is 22.5 Å². The lowest BCUT2D eigenvalue weighted by molar-refractivity contribution is -0.124. The molecule has 0 aromatic heterocycles. The second-order valence-corrected chi connectivity index (χ2v) is 8.14. The Bertz CT molecular complexity index is 370. The Morgan fingerprint density at radius 3 is 2.44 bits per heavy atom. The van der Waals surface area contributed by atoms with E-state index < -0.39 is 0 Å². The molecule has 0 aliphatic heterocycles. The minimum absolute atomic E-state index is 0.494. The summed E-state index contributed by atoms with van der Waals surface area (Å²) in [5.74, 6) is 3.70. The van der Waals surface area contributed by atoms with Crippen molar-refractivity contribution in [1.82, 2.24) is 0 Å². The Morgan fingerprint density at radius 2 is 1.89 bits per heavy atom. The van der Waals surface area contributed by atoms with E-state index in [1.165, 1.54) is 19.3 Å². The van der Waals surface area contributed by atoms with Gasteiger partial charge in [-0.1, -0.05) is 27.7 Å². The molecule has 5 atom stereocenters. The molecule has 3 aliphatic carbocycles. The number of ketones is 1. The molecule has 0 spiro atoms. The predicted molar refractivity (Wildman–Crippen MR) is 74.2 cm³/mol. The summed E-state index contributed by atoms with van der Waals surface area (Å²) >= 11 is 0. The summed E-state index contributed by atoms with van der Waals surface area (Å²) in [6, 6.07) is 0. The van der Waals surface area contributed by atoms with Crippen molar-refractivity contribution in [2.24, 2.45) is 34.5 Å². The fraction of sp³-hybridized carbons (Fsp3) is 0.941. The van der Waals surface area contributed by atoms with Gasteiger partial charge in [-0.2, -0.15) is 0 Å². The number of hydrogen-bond acceptors (Lipinski definition) is 1. The summed E-state index contributed by atoms with van der Waals surface area (Å²) < 4.78 is 0. The van der Waals surface area contributed by atoms with Crippen LogP contribution in [0.3, 0.4) is 0 Å². The van der Waals surface area contributed by atoms with Crippen molar-refractivity contribution in [2.75, 3.05) is 0 Å². The molecule has 0 saturated heterocycles.